The Hall–Kier alpha value is -2.00. The van der Waals surface area contributed by atoms with Crippen molar-refractivity contribution in [2.45, 2.75) is 12.8 Å². The van der Waals surface area contributed by atoms with Crippen molar-refractivity contribution in [1.29, 1.82) is 0 Å². The summed E-state index contributed by atoms with van der Waals surface area (Å²) in [5.74, 6) is 0.0560. The fraction of sp³-hybridized carbons (Fsp3) is 0.235. The maximum Gasteiger partial charge on any atom is 0.221 e. The molecule has 21 heavy (non-hydrogen) atoms. The zero-order valence-electron chi connectivity index (χ0n) is 11.8. The molecule has 0 bridgehead atoms. The average Bonchev–Trinajstić information content (AvgIpc) is 2.48. The highest BCUT2D eigenvalue weighted by Gasteiger charge is 2.01. The zero-order chi connectivity index (χ0) is 14.9. The number of anilines is 1. The standard InChI is InChI=1S/C17H19ClN2O/c18-15-6-4-5-14(13-15)9-11-20-17(21)10-12-19-16-7-2-1-3-8-16/h1-8,13,19H,9-12H2,(H,20,21). The van der Waals surface area contributed by atoms with Gasteiger partial charge in [-0.3, -0.25) is 4.79 Å². The van der Waals surface area contributed by atoms with Crippen LogP contribution in [-0.2, 0) is 11.2 Å². The first kappa shape index (κ1) is 15.4. The monoisotopic (exact) mass is 302 g/mol. The van der Waals surface area contributed by atoms with E-state index in [4.69, 9.17) is 11.6 Å². The molecule has 0 radical (unpaired) electrons. The Bertz CT molecular complexity index is 572. The van der Waals surface area contributed by atoms with Crippen LogP contribution in [0.1, 0.15) is 12.0 Å². The van der Waals surface area contributed by atoms with Crippen molar-refractivity contribution in [3.8, 4) is 0 Å². The van der Waals surface area contributed by atoms with E-state index < -0.39 is 0 Å². The maximum atomic E-state index is 11.7. The first-order valence-electron chi connectivity index (χ1n) is 7.04. The Morgan fingerprint density at radius 1 is 1.00 bits per heavy atom. The highest BCUT2D eigenvalue weighted by molar-refractivity contribution is 6.30. The molecule has 110 valence electrons. The average molecular weight is 303 g/mol. The third-order valence-corrected chi connectivity index (χ3v) is 3.31. The smallest absolute Gasteiger partial charge is 0.221 e. The summed E-state index contributed by atoms with van der Waals surface area (Å²) >= 11 is 5.92. The van der Waals surface area contributed by atoms with Crippen LogP contribution in [0.3, 0.4) is 0 Å². The van der Waals surface area contributed by atoms with Crippen molar-refractivity contribution in [2.75, 3.05) is 18.4 Å². The number of carbonyl (C=O) groups is 1. The lowest BCUT2D eigenvalue weighted by molar-refractivity contribution is -0.120. The molecule has 4 heteroatoms. The zero-order valence-corrected chi connectivity index (χ0v) is 12.6. The van der Waals surface area contributed by atoms with Gasteiger partial charge in [0, 0.05) is 30.2 Å². The fourth-order valence-electron chi connectivity index (χ4n) is 2.00. The van der Waals surface area contributed by atoms with Gasteiger partial charge < -0.3 is 10.6 Å². The highest BCUT2D eigenvalue weighted by Crippen LogP contribution is 2.10. The van der Waals surface area contributed by atoms with Gasteiger partial charge in [0.25, 0.3) is 0 Å². The number of hydrogen-bond acceptors (Lipinski definition) is 2. The lowest BCUT2D eigenvalue weighted by Gasteiger charge is -2.07. The fourth-order valence-corrected chi connectivity index (χ4v) is 2.22. The van der Waals surface area contributed by atoms with Crippen LogP contribution in [-0.4, -0.2) is 19.0 Å². The molecule has 0 fully saturated rings. The molecule has 3 nitrogen and oxygen atoms in total. The molecule has 0 aromatic heterocycles. The molecule has 0 heterocycles. The lowest BCUT2D eigenvalue weighted by Crippen LogP contribution is -2.27. The van der Waals surface area contributed by atoms with Crippen LogP contribution in [0.15, 0.2) is 54.6 Å². The summed E-state index contributed by atoms with van der Waals surface area (Å²) in [6.45, 7) is 1.26. The molecule has 2 aromatic carbocycles. The molecular formula is C17H19ClN2O. The van der Waals surface area contributed by atoms with Gasteiger partial charge in [-0.25, -0.2) is 0 Å². The Kier molecular flexibility index (Phi) is 6.10. The first-order valence-corrected chi connectivity index (χ1v) is 7.42. The Morgan fingerprint density at radius 2 is 1.81 bits per heavy atom. The molecule has 0 saturated heterocycles. The molecule has 0 atom stereocenters. The van der Waals surface area contributed by atoms with E-state index >= 15 is 0 Å². The van der Waals surface area contributed by atoms with Gasteiger partial charge in [-0.05, 0) is 36.2 Å². The van der Waals surface area contributed by atoms with E-state index in [1.807, 2.05) is 54.6 Å². The van der Waals surface area contributed by atoms with Gasteiger partial charge in [0.05, 0.1) is 0 Å². The molecule has 2 rings (SSSR count). The summed E-state index contributed by atoms with van der Waals surface area (Å²) < 4.78 is 0. The van der Waals surface area contributed by atoms with Gasteiger partial charge in [-0.2, -0.15) is 0 Å². The second-order valence-corrected chi connectivity index (χ2v) is 5.21. The normalized spacial score (nSPS) is 10.1. The summed E-state index contributed by atoms with van der Waals surface area (Å²) in [5.41, 5.74) is 2.16. The van der Waals surface area contributed by atoms with E-state index in [9.17, 15) is 4.79 Å². The molecule has 0 aliphatic rings. The molecule has 2 N–H and O–H groups in total. The molecule has 0 spiro atoms. The van der Waals surface area contributed by atoms with Gasteiger partial charge >= 0.3 is 0 Å². The van der Waals surface area contributed by atoms with E-state index in [-0.39, 0.29) is 5.91 Å². The topological polar surface area (TPSA) is 41.1 Å². The number of rotatable bonds is 7. The third-order valence-electron chi connectivity index (χ3n) is 3.08. The molecule has 0 saturated carbocycles. The molecule has 0 unspecified atom stereocenters. The number of amides is 1. The Morgan fingerprint density at radius 3 is 2.57 bits per heavy atom. The van der Waals surface area contributed by atoms with Crippen LogP contribution < -0.4 is 10.6 Å². The predicted octanol–water partition coefficient (Wildman–Crippen LogP) is 3.50. The summed E-state index contributed by atoms with van der Waals surface area (Å²) in [6, 6.07) is 17.6. The van der Waals surface area contributed by atoms with Crippen molar-refractivity contribution in [3.63, 3.8) is 0 Å². The Labute approximate surface area is 130 Å². The molecule has 1 amide bonds. The predicted molar refractivity (Wildman–Crippen MR) is 87.7 cm³/mol. The summed E-state index contributed by atoms with van der Waals surface area (Å²) in [5, 5.41) is 6.86. The number of nitrogens with one attached hydrogen (secondary N) is 2. The van der Waals surface area contributed by atoms with Crippen molar-refractivity contribution >= 4 is 23.2 Å². The second kappa shape index (κ2) is 8.32. The number of hydrogen-bond donors (Lipinski definition) is 2. The van der Waals surface area contributed by atoms with Crippen molar-refractivity contribution in [1.82, 2.24) is 5.32 Å². The van der Waals surface area contributed by atoms with Crippen LogP contribution in [0.2, 0.25) is 5.02 Å². The molecule has 2 aromatic rings. The minimum Gasteiger partial charge on any atom is -0.385 e. The minimum atomic E-state index is 0.0560. The summed E-state index contributed by atoms with van der Waals surface area (Å²) in [4.78, 5) is 11.7. The quantitative estimate of drug-likeness (QED) is 0.822. The van der Waals surface area contributed by atoms with Crippen LogP contribution in [0.4, 0.5) is 5.69 Å². The van der Waals surface area contributed by atoms with Gasteiger partial charge in [0.2, 0.25) is 5.91 Å². The summed E-state index contributed by atoms with van der Waals surface area (Å²) in [6.07, 6.45) is 1.25. The lowest BCUT2D eigenvalue weighted by atomic mass is 10.1. The molecular weight excluding hydrogens is 284 g/mol. The van der Waals surface area contributed by atoms with Crippen LogP contribution in [0.25, 0.3) is 0 Å². The van der Waals surface area contributed by atoms with Gasteiger partial charge in [0.15, 0.2) is 0 Å². The van der Waals surface area contributed by atoms with Crippen molar-refractivity contribution in [3.05, 3.63) is 65.2 Å². The van der Waals surface area contributed by atoms with Crippen molar-refractivity contribution in [2.24, 2.45) is 0 Å². The number of benzene rings is 2. The highest BCUT2D eigenvalue weighted by atomic mass is 35.5. The van der Waals surface area contributed by atoms with Crippen LogP contribution >= 0.6 is 11.6 Å². The number of carbonyl (C=O) groups excluding carboxylic acids is 1. The number of halogens is 1. The van der Waals surface area contributed by atoms with Gasteiger partial charge in [-0.15, -0.1) is 0 Å². The van der Waals surface area contributed by atoms with E-state index in [1.165, 1.54) is 0 Å². The van der Waals surface area contributed by atoms with E-state index in [0.717, 1.165) is 22.7 Å². The van der Waals surface area contributed by atoms with Crippen LogP contribution in [0.5, 0.6) is 0 Å². The molecule has 0 aliphatic carbocycles. The van der Waals surface area contributed by atoms with Crippen molar-refractivity contribution < 1.29 is 4.79 Å². The van der Waals surface area contributed by atoms with Crippen LogP contribution in [0, 0.1) is 0 Å². The third kappa shape index (κ3) is 5.88. The first-order chi connectivity index (χ1) is 10.2. The van der Waals surface area contributed by atoms with Gasteiger partial charge in [0.1, 0.15) is 0 Å². The SMILES string of the molecule is O=C(CCNc1ccccc1)NCCc1cccc(Cl)c1. The summed E-state index contributed by atoms with van der Waals surface area (Å²) in [7, 11) is 0. The maximum absolute atomic E-state index is 11.7. The second-order valence-electron chi connectivity index (χ2n) is 4.77. The molecule has 0 aliphatic heterocycles. The Balaban J connectivity index is 1.61. The number of para-hydroxylation sites is 1. The van der Waals surface area contributed by atoms with Gasteiger partial charge in [-0.1, -0.05) is 41.9 Å². The minimum absolute atomic E-state index is 0.0560. The van der Waals surface area contributed by atoms with E-state index in [0.29, 0.717) is 19.5 Å². The van der Waals surface area contributed by atoms with E-state index in [2.05, 4.69) is 10.6 Å². The largest absolute Gasteiger partial charge is 0.385 e. The van der Waals surface area contributed by atoms with E-state index in [1.54, 1.807) is 0 Å².